The van der Waals surface area contributed by atoms with Gasteiger partial charge in [-0.05, 0) is 33.2 Å². The van der Waals surface area contributed by atoms with Gasteiger partial charge in [-0.1, -0.05) is 6.92 Å². The van der Waals surface area contributed by atoms with Crippen LogP contribution < -0.4 is 5.32 Å². The summed E-state index contributed by atoms with van der Waals surface area (Å²) in [6.07, 6.45) is 1.30. The van der Waals surface area contributed by atoms with E-state index >= 15 is 0 Å². The van der Waals surface area contributed by atoms with Gasteiger partial charge in [0.05, 0.1) is 6.07 Å². The van der Waals surface area contributed by atoms with Crippen LogP contribution in [0.25, 0.3) is 0 Å². The van der Waals surface area contributed by atoms with Crippen LogP contribution in [-0.4, -0.2) is 36.5 Å². The van der Waals surface area contributed by atoms with Crippen LogP contribution in [0.3, 0.4) is 0 Å². The summed E-state index contributed by atoms with van der Waals surface area (Å²) in [5.41, 5.74) is -0.796. The Bertz CT molecular complexity index is 285. The average molecular weight is 223 g/mol. The molecule has 1 rings (SSSR count). The summed E-state index contributed by atoms with van der Waals surface area (Å²) < 4.78 is 0. The molecule has 0 aliphatic carbocycles. The zero-order valence-electron chi connectivity index (χ0n) is 10.4. The van der Waals surface area contributed by atoms with Crippen molar-refractivity contribution < 1.29 is 4.79 Å². The van der Waals surface area contributed by atoms with Crippen molar-refractivity contribution in [3.63, 3.8) is 0 Å². The number of hydrogen-bond donors (Lipinski definition) is 1. The summed E-state index contributed by atoms with van der Waals surface area (Å²) in [6, 6.07) is 2.33. The topological polar surface area (TPSA) is 56.1 Å². The molecule has 1 aliphatic rings. The molecule has 1 amide bonds. The third kappa shape index (κ3) is 2.73. The smallest absolute Gasteiger partial charge is 0.240 e. The first-order valence-electron chi connectivity index (χ1n) is 5.98. The number of amides is 1. The fourth-order valence-corrected chi connectivity index (χ4v) is 2.04. The molecule has 16 heavy (non-hydrogen) atoms. The number of carbonyl (C=O) groups excluding carboxylic acids is 1. The standard InChI is InChI=1S/C12H21N3O/c1-4-15-7-5-12(9-13,6-8-15)11(16)14-10(2)3/h10H,4-8H2,1-3H3,(H,14,16). The number of nitriles is 1. The van der Waals surface area contributed by atoms with Crippen LogP contribution in [0.5, 0.6) is 0 Å². The van der Waals surface area contributed by atoms with Gasteiger partial charge in [-0.2, -0.15) is 5.26 Å². The van der Waals surface area contributed by atoms with Crippen LogP contribution in [0.15, 0.2) is 0 Å². The minimum atomic E-state index is -0.796. The quantitative estimate of drug-likeness (QED) is 0.780. The van der Waals surface area contributed by atoms with Gasteiger partial charge < -0.3 is 10.2 Å². The lowest BCUT2D eigenvalue weighted by Crippen LogP contribution is -2.49. The van der Waals surface area contributed by atoms with E-state index in [0.717, 1.165) is 19.6 Å². The lowest BCUT2D eigenvalue weighted by Gasteiger charge is -2.36. The maximum Gasteiger partial charge on any atom is 0.240 e. The monoisotopic (exact) mass is 223 g/mol. The Balaban J connectivity index is 2.66. The molecule has 1 heterocycles. The molecule has 0 spiro atoms. The summed E-state index contributed by atoms with van der Waals surface area (Å²) in [5, 5.41) is 12.1. The molecule has 0 saturated carbocycles. The van der Waals surface area contributed by atoms with Gasteiger partial charge in [0.25, 0.3) is 0 Å². The van der Waals surface area contributed by atoms with Crippen LogP contribution >= 0.6 is 0 Å². The molecule has 0 bridgehead atoms. The lowest BCUT2D eigenvalue weighted by molar-refractivity contribution is -0.130. The highest BCUT2D eigenvalue weighted by Gasteiger charge is 2.41. The second kappa shape index (κ2) is 5.31. The zero-order valence-corrected chi connectivity index (χ0v) is 10.4. The highest BCUT2D eigenvalue weighted by molar-refractivity contribution is 5.85. The second-order valence-electron chi connectivity index (χ2n) is 4.76. The minimum absolute atomic E-state index is 0.0965. The molecule has 0 aromatic heterocycles. The van der Waals surface area contributed by atoms with E-state index < -0.39 is 5.41 Å². The second-order valence-corrected chi connectivity index (χ2v) is 4.76. The van der Waals surface area contributed by atoms with Crippen molar-refractivity contribution in [3.05, 3.63) is 0 Å². The van der Waals surface area contributed by atoms with Crippen molar-refractivity contribution in [2.45, 2.75) is 39.7 Å². The summed E-state index contributed by atoms with van der Waals surface area (Å²) in [4.78, 5) is 14.3. The number of nitrogens with one attached hydrogen (secondary N) is 1. The van der Waals surface area contributed by atoms with Crippen molar-refractivity contribution in [1.29, 1.82) is 5.26 Å². The number of carbonyl (C=O) groups is 1. The van der Waals surface area contributed by atoms with Crippen LogP contribution in [0.1, 0.15) is 33.6 Å². The summed E-state index contributed by atoms with van der Waals surface area (Å²) in [5.74, 6) is -0.0965. The van der Waals surface area contributed by atoms with E-state index in [1.54, 1.807) is 0 Å². The van der Waals surface area contributed by atoms with Gasteiger partial charge in [-0.15, -0.1) is 0 Å². The van der Waals surface area contributed by atoms with Crippen LogP contribution in [0.4, 0.5) is 0 Å². The third-order valence-corrected chi connectivity index (χ3v) is 3.23. The Hall–Kier alpha value is -1.08. The zero-order chi connectivity index (χ0) is 12.2. The lowest BCUT2D eigenvalue weighted by atomic mass is 9.78. The SMILES string of the molecule is CCN1CCC(C#N)(C(=O)NC(C)C)CC1. The number of rotatable bonds is 3. The van der Waals surface area contributed by atoms with Gasteiger partial charge in [-0.3, -0.25) is 4.79 Å². The molecule has 1 saturated heterocycles. The number of piperidine rings is 1. The van der Waals surface area contributed by atoms with E-state index in [2.05, 4.69) is 23.2 Å². The van der Waals surface area contributed by atoms with Gasteiger partial charge >= 0.3 is 0 Å². The van der Waals surface area contributed by atoms with Crippen LogP contribution in [0, 0.1) is 16.7 Å². The van der Waals surface area contributed by atoms with Gasteiger partial charge in [0.2, 0.25) is 5.91 Å². The first kappa shape index (κ1) is 13.0. The molecule has 4 nitrogen and oxygen atoms in total. The van der Waals surface area contributed by atoms with Gasteiger partial charge in [-0.25, -0.2) is 0 Å². The fraction of sp³-hybridized carbons (Fsp3) is 0.833. The highest BCUT2D eigenvalue weighted by Crippen LogP contribution is 2.31. The fourth-order valence-electron chi connectivity index (χ4n) is 2.04. The maximum atomic E-state index is 12.0. The molecule has 0 atom stereocenters. The summed E-state index contributed by atoms with van der Waals surface area (Å²) >= 11 is 0. The van der Waals surface area contributed by atoms with Crippen LogP contribution in [-0.2, 0) is 4.79 Å². The molecule has 0 aromatic carbocycles. The normalized spacial score (nSPS) is 20.4. The number of nitrogens with zero attached hydrogens (tertiary/aromatic N) is 2. The first-order chi connectivity index (χ1) is 7.54. The van der Waals surface area contributed by atoms with Gasteiger partial charge in [0.15, 0.2) is 0 Å². The van der Waals surface area contributed by atoms with E-state index in [-0.39, 0.29) is 11.9 Å². The molecular formula is C12H21N3O. The molecule has 4 heteroatoms. The predicted molar refractivity (Wildman–Crippen MR) is 62.7 cm³/mol. The Morgan fingerprint density at radius 3 is 2.44 bits per heavy atom. The summed E-state index contributed by atoms with van der Waals surface area (Å²) in [6.45, 7) is 8.63. The number of hydrogen-bond acceptors (Lipinski definition) is 3. The molecular weight excluding hydrogens is 202 g/mol. The van der Waals surface area contributed by atoms with E-state index in [4.69, 9.17) is 0 Å². The van der Waals surface area contributed by atoms with Crippen molar-refractivity contribution in [2.75, 3.05) is 19.6 Å². The van der Waals surface area contributed by atoms with Crippen molar-refractivity contribution in [3.8, 4) is 6.07 Å². The van der Waals surface area contributed by atoms with E-state index in [9.17, 15) is 10.1 Å². The van der Waals surface area contributed by atoms with Gasteiger partial charge in [0, 0.05) is 19.1 Å². The molecule has 90 valence electrons. The molecule has 0 radical (unpaired) electrons. The molecule has 0 unspecified atom stereocenters. The molecule has 0 aromatic rings. The Morgan fingerprint density at radius 1 is 1.50 bits per heavy atom. The first-order valence-corrected chi connectivity index (χ1v) is 5.98. The van der Waals surface area contributed by atoms with E-state index in [1.165, 1.54) is 0 Å². The highest BCUT2D eigenvalue weighted by atomic mass is 16.2. The Kier molecular flexibility index (Phi) is 4.31. The molecule has 1 fully saturated rings. The van der Waals surface area contributed by atoms with Crippen molar-refractivity contribution in [1.82, 2.24) is 10.2 Å². The number of likely N-dealkylation sites (tertiary alicyclic amines) is 1. The van der Waals surface area contributed by atoms with Gasteiger partial charge in [0.1, 0.15) is 5.41 Å². The Labute approximate surface area is 97.6 Å². The maximum absolute atomic E-state index is 12.0. The largest absolute Gasteiger partial charge is 0.353 e. The predicted octanol–water partition coefficient (Wildman–Crippen LogP) is 1.14. The van der Waals surface area contributed by atoms with Crippen molar-refractivity contribution in [2.24, 2.45) is 5.41 Å². The molecule has 1 aliphatic heterocycles. The van der Waals surface area contributed by atoms with Crippen LogP contribution in [0.2, 0.25) is 0 Å². The molecule has 1 N–H and O–H groups in total. The Morgan fingerprint density at radius 2 is 2.06 bits per heavy atom. The average Bonchev–Trinajstić information content (AvgIpc) is 2.28. The van der Waals surface area contributed by atoms with E-state index in [1.807, 2.05) is 13.8 Å². The summed E-state index contributed by atoms with van der Waals surface area (Å²) in [7, 11) is 0. The minimum Gasteiger partial charge on any atom is -0.353 e. The van der Waals surface area contributed by atoms with E-state index in [0.29, 0.717) is 12.8 Å². The van der Waals surface area contributed by atoms with Crippen molar-refractivity contribution >= 4 is 5.91 Å². The third-order valence-electron chi connectivity index (χ3n) is 3.23.